The van der Waals surface area contributed by atoms with Crippen LogP contribution in [0.5, 0.6) is 5.75 Å². The molecule has 0 atom stereocenters. The van der Waals surface area contributed by atoms with Gasteiger partial charge in [-0.3, -0.25) is 4.79 Å². The smallest absolute Gasteiger partial charge is 0.152 e. The number of allylic oxidation sites excluding steroid dienone is 1. The third kappa shape index (κ3) is 5.94. The maximum Gasteiger partial charge on any atom is 0.152 e. The molecule has 0 amide bonds. The van der Waals surface area contributed by atoms with Crippen LogP contribution in [0.4, 0.5) is 5.69 Å². The van der Waals surface area contributed by atoms with Gasteiger partial charge in [-0.25, -0.2) is 4.68 Å². The summed E-state index contributed by atoms with van der Waals surface area (Å²) in [7, 11) is 1.86. The molecule has 6 heteroatoms. The largest absolute Gasteiger partial charge is 0.491 e. The number of carbonyl (C=O) groups excluding carboxylic acids is 1. The molecule has 1 N–H and O–H groups in total. The molecule has 0 aliphatic carbocycles. The summed E-state index contributed by atoms with van der Waals surface area (Å²) in [6, 6.07) is 11.8. The number of hydrogen-bond donors (Lipinski definition) is 1. The number of aromatic nitrogens is 3. The summed E-state index contributed by atoms with van der Waals surface area (Å²) in [6.07, 6.45) is 10.6. The topological polar surface area (TPSA) is 69.0 Å². The zero-order valence-electron chi connectivity index (χ0n) is 18.7. The van der Waals surface area contributed by atoms with Gasteiger partial charge in [-0.15, -0.1) is 5.10 Å². The van der Waals surface area contributed by atoms with Crippen molar-refractivity contribution in [2.75, 3.05) is 19.0 Å². The molecule has 0 radical (unpaired) electrons. The Morgan fingerprint density at radius 3 is 2.68 bits per heavy atom. The van der Waals surface area contributed by atoms with Gasteiger partial charge >= 0.3 is 0 Å². The lowest BCUT2D eigenvalue weighted by molar-refractivity contribution is -0.112. The Bertz CT molecular complexity index is 1040. The van der Waals surface area contributed by atoms with Crippen molar-refractivity contribution < 1.29 is 9.53 Å². The minimum atomic E-state index is 0.00273. The summed E-state index contributed by atoms with van der Waals surface area (Å²) in [4.78, 5) is 11.5. The number of ether oxygens (including phenoxy) is 1. The van der Waals surface area contributed by atoms with Crippen LogP contribution in [0, 0.1) is 0 Å². The number of ketones is 1. The van der Waals surface area contributed by atoms with Gasteiger partial charge in [0.1, 0.15) is 17.0 Å². The van der Waals surface area contributed by atoms with E-state index in [9.17, 15) is 4.79 Å². The van der Waals surface area contributed by atoms with Crippen LogP contribution in [0.2, 0.25) is 0 Å². The number of fused-ring (bicyclic) bond motifs is 1. The van der Waals surface area contributed by atoms with Crippen LogP contribution in [0.3, 0.4) is 0 Å². The van der Waals surface area contributed by atoms with Gasteiger partial charge in [0.25, 0.3) is 0 Å². The first-order chi connectivity index (χ1) is 15.1. The number of benzene rings is 2. The van der Waals surface area contributed by atoms with Crippen molar-refractivity contribution in [1.82, 2.24) is 15.0 Å². The van der Waals surface area contributed by atoms with Crippen molar-refractivity contribution in [3.8, 4) is 11.4 Å². The van der Waals surface area contributed by atoms with Gasteiger partial charge in [0, 0.05) is 18.3 Å². The number of nitrogens with one attached hydrogen (secondary N) is 1. The molecule has 0 unspecified atom stereocenters. The highest BCUT2D eigenvalue weighted by Gasteiger charge is 2.15. The number of hydrogen-bond acceptors (Lipinski definition) is 5. The third-order valence-electron chi connectivity index (χ3n) is 5.23. The molecule has 0 bridgehead atoms. The molecule has 6 nitrogen and oxygen atoms in total. The van der Waals surface area contributed by atoms with E-state index in [1.165, 1.54) is 25.7 Å². The molecule has 3 rings (SSSR count). The summed E-state index contributed by atoms with van der Waals surface area (Å²) in [5.41, 5.74) is 4.35. The molecule has 1 heterocycles. The first-order valence-corrected chi connectivity index (χ1v) is 11.1. The predicted octanol–water partition coefficient (Wildman–Crippen LogP) is 5.80. The maximum absolute atomic E-state index is 11.5. The fourth-order valence-corrected chi connectivity index (χ4v) is 3.54. The number of unbranched alkanes of at least 4 members (excludes halogenated alkanes) is 5. The van der Waals surface area contributed by atoms with E-state index in [0.29, 0.717) is 6.61 Å². The standard InChI is InChI=1S/C25H32N4O2/c1-4-5-6-7-8-11-16-31-25-17-20(15-14-19(2)30)22(26-3)18-24(25)29-23-13-10-9-12-21(23)27-28-29/h9-10,12-15,17-18,26H,4-8,11,16H2,1-3H3/b15-14+. The molecule has 0 aliphatic rings. The van der Waals surface area contributed by atoms with E-state index in [1.807, 2.05) is 54.2 Å². The van der Waals surface area contributed by atoms with E-state index in [0.717, 1.165) is 46.6 Å². The monoisotopic (exact) mass is 420 g/mol. The SMILES string of the molecule is CCCCCCCCOc1cc(/C=C/C(C)=O)c(NC)cc1-n1nnc2ccccc21. The quantitative estimate of drug-likeness (QED) is 0.296. The van der Waals surface area contributed by atoms with Crippen molar-refractivity contribution in [3.05, 3.63) is 48.0 Å². The molecule has 0 spiro atoms. The highest BCUT2D eigenvalue weighted by atomic mass is 16.5. The van der Waals surface area contributed by atoms with Gasteiger partial charge < -0.3 is 10.1 Å². The minimum absolute atomic E-state index is 0.00273. The summed E-state index contributed by atoms with van der Waals surface area (Å²) in [6.45, 7) is 4.41. The van der Waals surface area contributed by atoms with Crippen molar-refractivity contribution in [2.24, 2.45) is 0 Å². The highest BCUT2D eigenvalue weighted by molar-refractivity contribution is 5.93. The van der Waals surface area contributed by atoms with Crippen LogP contribution in [0.1, 0.15) is 57.9 Å². The molecular formula is C25H32N4O2. The normalized spacial score (nSPS) is 11.3. The third-order valence-corrected chi connectivity index (χ3v) is 5.23. The van der Waals surface area contributed by atoms with Gasteiger partial charge in [0.05, 0.1) is 12.1 Å². The molecule has 0 saturated carbocycles. The molecular weight excluding hydrogens is 388 g/mol. The summed E-state index contributed by atoms with van der Waals surface area (Å²) in [5.74, 6) is 0.731. The lowest BCUT2D eigenvalue weighted by Gasteiger charge is -2.16. The van der Waals surface area contributed by atoms with E-state index >= 15 is 0 Å². The first-order valence-electron chi connectivity index (χ1n) is 11.1. The number of para-hydroxylation sites is 1. The van der Waals surface area contributed by atoms with Gasteiger partial charge in [-0.2, -0.15) is 0 Å². The Labute approximate surface area is 184 Å². The van der Waals surface area contributed by atoms with Crippen molar-refractivity contribution in [3.63, 3.8) is 0 Å². The van der Waals surface area contributed by atoms with Gasteiger partial charge in [0.15, 0.2) is 5.78 Å². The molecule has 0 saturated heterocycles. The number of rotatable bonds is 12. The van der Waals surface area contributed by atoms with Gasteiger partial charge in [-0.1, -0.05) is 56.4 Å². The molecule has 31 heavy (non-hydrogen) atoms. The number of carbonyl (C=O) groups is 1. The average molecular weight is 421 g/mol. The molecule has 0 fully saturated rings. The summed E-state index contributed by atoms with van der Waals surface area (Å²) >= 11 is 0. The summed E-state index contributed by atoms with van der Waals surface area (Å²) < 4.78 is 8.04. The van der Waals surface area contributed by atoms with E-state index in [-0.39, 0.29) is 5.78 Å². The fourth-order valence-electron chi connectivity index (χ4n) is 3.54. The molecule has 0 aliphatic heterocycles. The van der Waals surface area contributed by atoms with Crippen molar-refractivity contribution in [2.45, 2.75) is 52.4 Å². The Morgan fingerprint density at radius 2 is 1.90 bits per heavy atom. The molecule has 2 aromatic carbocycles. The van der Waals surface area contributed by atoms with Crippen LogP contribution >= 0.6 is 0 Å². The molecule has 3 aromatic rings. The molecule has 164 valence electrons. The van der Waals surface area contributed by atoms with Crippen LogP contribution in [-0.4, -0.2) is 34.4 Å². The van der Waals surface area contributed by atoms with Crippen LogP contribution in [0.15, 0.2) is 42.5 Å². The Hall–Kier alpha value is -3.15. The number of nitrogens with zero attached hydrogens (tertiary/aromatic N) is 3. The van der Waals surface area contributed by atoms with E-state index in [2.05, 4.69) is 22.6 Å². The van der Waals surface area contributed by atoms with Crippen LogP contribution < -0.4 is 10.1 Å². The van der Waals surface area contributed by atoms with Crippen LogP contribution in [-0.2, 0) is 4.79 Å². The Morgan fingerprint density at radius 1 is 1.13 bits per heavy atom. The van der Waals surface area contributed by atoms with Crippen molar-refractivity contribution in [1.29, 1.82) is 0 Å². The lowest BCUT2D eigenvalue weighted by Crippen LogP contribution is -2.06. The zero-order chi connectivity index (χ0) is 22.1. The van der Waals surface area contributed by atoms with E-state index in [4.69, 9.17) is 4.74 Å². The average Bonchev–Trinajstić information content (AvgIpc) is 3.21. The number of anilines is 1. The zero-order valence-corrected chi connectivity index (χ0v) is 18.7. The highest BCUT2D eigenvalue weighted by Crippen LogP contribution is 2.32. The van der Waals surface area contributed by atoms with E-state index < -0.39 is 0 Å². The second-order valence-electron chi connectivity index (χ2n) is 7.71. The second-order valence-corrected chi connectivity index (χ2v) is 7.71. The van der Waals surface area contributed by atoms with Crippen molar-refractivity contribution >= 4 is 28.6 Å². The summed E-state index contributed by atoms with van der Waals surface area (Å²) in [5, 5.41) is 11.9. The lowest BCUT2D eigenvalue weighted by atomic mass is 10.1. The van der Waals surface area contributed by atoms with Gasteiger partial charge in [-0.05, 0) is 49.8 Å². The van der Waals surface area contributed by atoms with E-state index in [1.54, 1.807) is 13.0 Å². The molecule has 1 aromatic heterocycles. The maximum atomic E-state index is 11.5. The predicted molar refractivity (Wildman–Crippen MR) is 127 cm³/mol. The van der Waals surface area contributed by atoms with Gasteiger partial charge in [0.2, 0.25) is 0 Å². The fraction of sp³-hybridized carbons (Fsp3) is 0.400. The first kappa shape index (κ1) is 22.5. The Kier molecular flexibility index (Phi) is 8.21. The second kappa shape index (κ2) is 11.3. The van der Waals surface area contributed by atoms with Crippen LogP contribution in [0.25, 0.3) is 22.8 Å². The Balaban J connectivity index is 1.91. The minimum Gasteiger partial charge on any atom is -0.491 e.